The number of fused-ring (bicyclic) bond motifs is 1. The van der Waals surface area contributed by atoms with Crippen molar-refractivity contribution in [3.63, 3.8) is 0 Å². The van der Waals surface area contributed by atoms with Crippen LogP contribution in [0.2, 0.25) is 0 Å². The molecule has 0 aromatic heterocycles. The number of methoxy groups -OCH3 is 1. The zero-order chi connectivity index (χ0) is 20.4. The maximum Gasteiger partial charge on any atom is 0.285 e. The Morgan fingerprint density at radius 2 is 1.90 bits per heavy atom. The van der Waals surface area contributed by atoms with E-state index >= 15 is 0 Å². The Hall–Kier alpha value is -2.52. The van der Waals surface area contributed by atoms with Crippen molar-refractivity contribution in [2.75, 3.05) is 30.1 Å². The van der Waals surface area contributed by atoms with Crippen LogP contribution in [0.5, 0.6) is 11.5 Å². The summed E-state index contributed by atoms with van der Waals surface area (Å²) >= 11 is 1.33. The molecule has 0 aliphatic carbocycles. The van der Waals surface area contributed by atoms with Gasteiger partial charge < -0.3 is 14.4 Å². The van der Waals surface area contributed by atoms with Crippen LogP contribution in [0.25, 0.3) is 0 Å². The predicted molar refractivity (Wildman–Crippen MR) is 114 cm³/mol. The third-order valence-electron chi connectivity index (χ3n) is 4.72. The molecule has 2 fully saturated rings. The van der Waals surface area contributed by atoms with Gasteiger partial charge in [-0.1, -0.05) is 36.0 Å². The van der Waals surface area contributed by atoms with E-state index in [0.29, 0.717) is 16.7 Å². The number of benzene rings is 2. The third kappa shape index (κ3) is 4.40. The van der Waals surface area contributed by atoms with E-state index in [2.05, 4.69) is 4.99 Å². The average molecular weight is 433 g/mol. The second-order valence-corrected chi connectivity index (χ2v) is 10.1. The number of sulfone groups is 1. The number of carbonyl (C=O) groups is 1. The number of amides is 1. The van der Waals surface area contributed by atoms with Gasteiger partial charge in [-0.25, -0.2) is 8.42 Å². The monoisotopic (exact) mass is 432 g/mol. The van der Waals surface area contributed by atoms with E-state index in [4.69, 9.17) is 9.47 Å². The molecule has 29 heavy (non-hydrogen) atoms. The van der Waals surface area contributed by atoms with Crippen molar-refractivity contribution in [3.05, 3.63) is 54.6 Å². The maximum atomic E-state index is 12.4. The molecule has 2 aromatic carbocycles. The summed E-state index contributed by atoms with van der Waals surface area (Å²) in [6.07, 6.45) is 0. The highest BCUT2D eigenvalue weighted by molar-refractivity contribution is 8.16. The van der Waals surface area contributed by atoms with Crippen molar-refractivity contribution in [1.29, 1.82) is 0 Å². The summed E-state index contributed by atoms with van der Waals surface area (Å²) in [7, 11) is -1.55. The summed E-state index contributed by atoms with van der Waals surface area (Å²) in [5.74, 6) is 0.932. The van der Waals surface area contributed by atoms with Crippen LogP contribution in [0.4, 0.5) is 5.69 Å². The lowest BCUT2D eigenvalue weighted by atomic mass is 10.2. The topological polar surface area (TPSA) is 85.3 Å². The molecule has 9 heteroatoms. The first-order valence-corrected chi connectivity index (χ1v) is 11.7. The Balaban J connectivity index is 1.59. The van der Waals surface area contributed by atoms with Crippen LogP contribution in [0.1, 0.15) is 0 Å². The first-order valence-electron chi connectivity index (χ1n) is 9.05. The maximum absolute atomic E-state index is 12.4. The Morgan fingerprint density at radius 3 is 2.66 bits per heavy atom. The van der Waals surface area contributed by atoms with Crippen LogP contribution in [0.3, 0.4) is 0 Å². The summed E-state index contributed by atoms with van der Waals surface area (Å²) < 4.78 is 35.1. The molecule has 2 heterocycles. The SMILES string of the molecule is COc1cccc(N2C(=NC(=O)COc3ccccc3)S[C@@H]3CS(=O)(=O)C[C@@H]32)c1. The van der Waals surface area contributed by atoms with Gasteiger partial charge >= 0.3 is 0 Å². The summed E-state index contributed by atoms with van der Waals surface area (Å²) in [4.78, 5) is 18.5. The van der Waals surface area contributed by atoms with Gasteiger partial charge in [-0.15, -0.1) is 0 Å². The highest BCUT2D eigenvalue weighted by atomic mass is 32.2. The standard InChI is InChI=1S/C20H20N2O5S2/c1-26-16-9-5-6-14(10-16)22-17-12-29(24,25)13-18(17)28-20(22)21-19(23)11-27-15-7-3-2-4-8-15/h2-10,17-18H,11-13H2,1H3/t17-,18+/m0/s1. The van der Waals surface area contributed by atoms with Crippen LogP contribution < -0.4 is 14.4 Å². The molecule has 4 rings (SSSR count). The first kappa shape index (κ1) is 19.8. The average Bonchev–Trinajstić information content (AvgIpc) is 3.17. The first-order chi connectivity index (χ1) is 13.9. The number of ether oxygens (including phenoxy) is 2. The van der Waals surface area contributed by atoms with Gasteiger partial charge in [-0.05, 0) is 24.3 Å². The fraction of sp³-hybridized carbons (Fsp3) is 0.300. The van der Waals surface area contributed by atoms with Crippen molar-refractivity contribution in [2.24, 2.45) is 4.99 Å². The molecule has 0 radical (unpaired) electrons. The van der Waals surface area contributed by atoms with Crippen LogP contribution in [-0.2, 0) is 14.6 Å². The number of hydrogen-bond acceptors (Lipinski definition) is 6. The van der Waals surface area contributed by atoms with Gasteiger partial charge in [-0.2, -0.15) is 4.99 Å². The van der Waals surface area contributed by atoms with Crippen LogP contribution in [-0.4, -0.2) is 56.0 Å². The minimum Gasteiger partial charge on any atom is -0.497 e. The third-order valence-corrected chi connectivity index (χ3v) is 7.93. The molecule has 0 bridgehead atoms. The lowest BCUT2D eigenvalue weighted by molar-refractivity contribution is -0.119. The van der Waals surface area contributed by atoms with E-state index in [1.807, 2.05) is 47.4 Å². The van der Waals surface area contributed by atoms with Gasteiger partial charge in [-0.3, -0.25) is 4.79 Å². The highest BCUT2D eigenvalue weighted by Gasteiger charge is 2.49. The summed E-state index contributed by atoms with van der Waals surface area (Å²) in [5, 5.41) is 0.331. The number of para-hydroxylation sites is 1. The minimum absolute atomic E-state index is 0.0373. The van der Waals surface area contributed by atoms with Gasteiger partial charge in [0.15, 0.2) is 21.6 Å². The summed E-state index contributed by atoms with van der Waals surface area (Å²) in [6, 6.07) is 16.1. The lowest BCUT2D eigenvalue weighted by Crippen LogP contribution is -2.37. The van der Waals surface area contributed by atoms with E-state index in [0.717, 1.165) is 5.69 Å². The fourth-order valence-electron chi connectivity index (χ4n) is 3.43. The minimum atomic E-state index is -3.12. The van der Waals surface area contributed by atoms with E-state index in [1.165, 1.54) is 11.8 Å². The summed E-state index contributed by atoms with van der Waals surface area (Å²) in [6.45, 7) is -0.187. The quantitative estimate of drug-likeness (QED) is 0.717. The lowest BCUT2D eigenvalue weighted by Gasteiger charge is -2.24. The molecule has 0 spiro atoms. The van der Waals surface area contributed by atoms with Gasteiger partial charge in [0, 0.05) is 17.0 Å². The van der Waals surface area contributed by atoms with Crippen LogP contribution >= 0.6 is 11.8 Å². The zero-order valence-electron chi connectivity index (χ0n) is 15.7. The van der Waals surface area contributed by atoms with Gasteiger partial charge in [0.1, 0.15) is 11.5 Å². The number of anilines is 1. The Morgan fingerprint density at radius 1 is 1.14 bits per heavy atom. The highest BCUT2D eigenvalue weighted by Crippen LogP contribution is 2.41. The molecule has 2 atom stereocenters. The Bertz CT molecular complexity index is 1040. The van der Waals surface area contributed by atoms with Gasteiger partial charge in [0.2, 0.25) is 0 Å². The number of hydrogen-bond donors (Lipinski definition) is 0. The van der Waals surface area contributed by atoms with E-state index in [-0.39, 0.29) is 29.4 Å². The van der Waals surface area contributed by atoms with Crippen LogP contribution in [0, 0.1) is 0 Å². The molecule has 152 valence electrons. The van der Waals surface area contributed by atoms with Gasteiger partial charge in [0.05, 0.1) is 24.7 Å². The molecule has 0 N–H and O–H groups in total. The Kier molecular flexibility index (Phi) is 5.51. The van der Waals surface area contributed by atoms with Crippen molar-refractivity contribution < 1.29 is 22.7 Å². The number of aliphatic imine (C=N–C) groups is 1. The predicted octanol–water partition coefficient (Wildman–Crippen LogP) is 2.38. The van der Waals surface area contributed by atoms with Gasteiger partial charge in [0.25, 0.3) is 5.91 Å². The Labute approximate surface area is 173 Å². The second kappa shape index (κ2) is 8.08. The molecular formula is C20H20N2O5S2. The molecule has 0 saturated carbocycles. The van der Waals surface area contributed by atoms with Crippen LogP contribution in [0.15, 0.2) is 59.6 Å². The molecule has 1 amide bonds. The number of nitrogens with zero attached hydrogens (tertiary/aromatic N) is 2. The van der Waals surface area contributed by atoms with Crippen molar-refractivity contribution >= 4 is 38.4 Å². The molecule has 2 aliphatic heterocycles. The number of amidine groups is 1. The number of thioether (sulfide) groups is 1. The molecule has 0 unspecified atom stereocenters. The number of carbonyl (C=O) groups excluding carboxylic acids is 1. The van der Waals surface area contributed by atoms with Crippen molar-refractivity contribution in [1.82, 2.24) is 0 Å². The fourth-order valence-corrected chi connectivity index (χ4v) is 7.36. The normalized spacial score (nSPS) is 23.8. The molecule has 2 aromatic rings. The molecule has 2 saturated heterocycles. The smallest absolute Gasteiger partial charge is 0.285 e. The number of rotatable bonds is 5. The van der Waals surface area contributed by atoms with E-state index < -0.39 is 15.7 Å². The van der Waals surface area contributed by atoms with Crippen molar-refractivity contribution in [2.45, 2.75) is 11.3 Å². The van der Waals surface area contributed by atoms with Crippen molar-refractivity contribution in [3.8, 4) is 11.5 Å². The second-order valence-electron chi connectivity index (χ2n) is 6.76. The zero-order valence-corrected chi connectivity index (χ0v) is 17.4. The largest absolute Gasteiger partial charge is 0.497 e. The molecule has 7 nitrogen and oxygen atoms in total. The molecular weight excluding hydrogens is 412 g/mol. The van der Waals surface area contributed by atoms with E-state index in [1.54, 1.807) is 19.2 Å². The molecule has 2 aliphatic rings. The van der Waals surface area contributed by atoms with E-state index in [9.17, 15) is 13.2 Å². The summed E-state index contributed by atoms with van der Waals surface area (Å²) in [5.41, 5.74) is 0.747.